The van der Waals surface area contributed by atoms with Crippen LogP contribution < -0.4 is 5.32 Å². The van der Waals surface area contributed by atoms with E-state index in [1.54, 1.807) is 0 Å². The quantitative estimate of drug-likeness (QED) is 0.805. The van der Waals surface area contributed by atoms with Crippen molar-refractivity contribution in [2.24, 2.45) is 0 Å². The van der Waals surface area contributed by atoms with Gasteiger partial charge < -0.3 is 10.1 Å². The molecule has 3 nitrogen and oxygen atoms in total. The summed E-state index contributed by atoms with van der Waals surface area (Å²) < 4.78 is 5.29. The lowest BCUT2D eigenvalue weighted by molar-refractivity contribution is -0.117. The van der Waals surface area contributed by atoms with Crippen LogP contribution in [0.15, 0.2) is 30.3 Å². The molecule has 1 rings (SSSR count). The van der Waals surface area contributed by atoms with E-state index in [-0.39, 0.29) is 12.0 Å². The lowest BCUT2D eigenvalue weighted by atomic mass is 10.3. The van der Waals surface area contributed by atoms with Crippen LogP contribution >= 0.6 is 0 Å². The van der Waals surface area contributed by atoms with Gasteiger partial charge in [0.15, 0.2) is 0 Å². The van der Waals surface area contributed by atoms with Crippen LogP contribution in [0, 0.1) is 0 Å². The van der Waals surface area contributed by atoms with Crippen molar-refractivity contribution >= 4 is 11.6 Å². The summed E-state index contributed by atoms with van der Waals surface area (Å²) in [6, 6.07) is 9.42. The van der Waals surface area contributed by atoms with Gasteiger partial charge in [0.1, 0.15) is 0 Å². The number of rotatable bonds is 5. The highest BCUT2D eigenvalue weighted by Crippen LogP contribution is 2.05. The van der Waals surface area contributed by atoms with Crippen LogP contribution in [0.2, 0.25) is 0 Å². The first kappa shape index (κ1) is 11.7. The van der Waals surface area contributed by atoms with E-state index < -0.39 is 0 Å². The van der Waals surface area contributed by atoms with Crippen molar-refractivity contribution in [1.29, 1.82) is 0 Å². The Hall–Kier alpha value is -1.35. The molecule has 0 atom stereocenters. The van der Waals surface area contributed by atoms with Crippen LogP contribution in [-0.2, 0) is 9.53 Å². The molecule has 0 aliphatic rings. The van der Waals surface area contributed by atoms with Crippen molar-refractivity contribution in [1.82, 2.24) is 0 Å². The van der Waals surface area contributed by atoms with Crippen molar-refractivity contribution < 1.29 is 9.53 Å². The smallest absolute Gasteiger partial charge is 0.226 e. The fourth-order valence-electron chi connectivity index (χ4n) is 1.13. The molecule has 0 aliphatic carbocycles. The second kappa shape index (κ2) is 6.19. The van der Waals surface area contributed by atoms with Crippen LogP contribution in [0.3, 0.4) is 0 Å². The molecular weight excluding hydrogens is 190 g/mol. The minimum absolute atomic E-state index is 0.0122. The van der Waals surface area contributed by atoms with Gasteiger partial charge in [0.2, 0.25) is 5.91 Å². The molecule has 0 fully saturated rings. The Kier molecular flexibility index (Phi) is 4.84. The number of nitrogens with one attached hydrogen (secondary N) is 1. The Bertz CT molecular complexity index is 296. The van der Waals surface area contributed by atoms with Crippen molar-refractivity contribution in [2.45, 2.75) is 26.4 Å². The molecular formula is C12H17NO2. The van der Waals surface area contributed by atoms with Crippen molar-refractivity contribution in [3.05, 3.63) is 30.3 Å². The predicted octanol–water partition coefficient (Wildman–Crippen LogP) is 2.44. The highest BCUT2D eigenvalue weighted by Gasteiger charge is 2.02. The van der Waals surface area contributed by atoms with Gasteiger partial charge in [0.05, 0.1) is 19.1 Å². The average Bonchev–Trinajstić information content (AvgIpc) is 2.18. The number of para-hydroxylation sites is 1. The third-order valence-corrected chi connectivity index (χ3v) is 1.84. The number of anilines is 1. The van der Waals surface area contributed by atoms with Gasteiger partial charge >= 0.3 is 0 Å². The van der Waals surface area contributed by atoms with Crippen LogP contribution in [0.25, 0.3) is 0 Å². The van der Waals surface area contributed by atoms with Gasteiger partial charge in [-0.2, -0.15) is 0 Å². The molecule has 1 aromatic rings. The van der Waals surface area contributed by atoms with Gasteiger partial charge in [0, 0.05) is 5.69 Å². The number of carbonyl (C=O) groups is 1. The molecule has 0 saturated heterocycles. The fraction of sp³-hybridized carbons (Fsp3) is 0.417. The number of ether oxygens (including phenoxy) is 1. The summed E-state index contributed by atoms with van der Waals surface area (Å²) in [5.74, 6) is -0.0122. The largest absolute Gasteiger partial charge is 0.378 e. The highest BCUT2D eigenvalue weighted by atomic mass is 16.5. The lowest BCUT2D eigenvalue weighted by Crippen LogP contribution is -2.15. The van der Waals surface area contributed by atoms with E-state index >= 15 is 0 Å². The minimum atomic E-state index is -0.0122. The summed E-state index contributed by atoms with van der Waals surface area (Å²) in [5, 5.41) is 2.80. The molecule has 0 bridgehead atoms. The first-order valence-corrected chi connectivity index (χ1v) is 5.15. The van der Waals surface area contributed by atoms with Crippen molar-refractivity contribution in [3.8, 4) is 0 Å². The summed E-state index contributed by atoms with van der Waals surface area (Å²) in [6.45, 7) is 4.38. The molecule has 0 saturated carbocycles. The average molecular weight is 207 g/mol. The summed E-state index contributed by atoms with van der Waals surface area (Å²) in [6.07, 6.45) is 0.571. The molecule has 0 radical (unpaired) electrons. The molecule has 0 spiro atoms. The summed E-state index contributed by atoms with van der Waals surface area (Å²) in [5.41, 5.74) is 0.826. The Balaban J connectivity index is 2.25. The molecule has 3 heteroatoms. The van der Waals surface area contributed by atoms with E-state index in [2.05, 4.69) is 5.32 Å². The zero-order chi connectivity index (χ0) is 11.1. The molecule has 15 heavy (non-hydrogen) atoms. The van der Waals surface area contributed by atoms with Crippen LogP contribution in [0.5, 0.6) is 0 Å². The van der Waals surface area contributed by atoms with E-state index in [9.17, 15) is 4.79 Å². The number of carbonyl (C=O) groups excluding carboxylic acids is 1. The molecule has 0 aliphatic heterocycles. The number of hydrogen-bond donors (Lipinski definition) is 1. The number of benzene rings is 1. The second-order valence-corrected chi connectivity index (χ2v) is 3.58. The Morgan fingerprint density at radius 1 is 1.33 bits per heavy atom. The third-order valence-electron chi connectivity index (χ3n) is 1.84. The van der Waals surface area contributed by atoms with Gasteiger partial charge in [-0.25, -0.2) is 0 Å². The van der Waals surface area contributed by atoms with E-state index in [0.29, 0.717) is 13.0 Å². The van der Waals surface area contributed by atoms with Gasteiger partial charge in [-0.15, -0.1) is 0 Å². The zero-order valence-corrected chi connectivity index (χ0v) is 9.19. The molecule has 82 valence electrons. The maximum absolute atomic E-state index is 11.4. The molecule has 0 heterocycles. The fourth-order valence-corrected chi connectivity index (χ4v) is 1.13. The third kappa shape index (κ3) is 5.18. The molecule has 0 unspecified atom stereocenters. The zero-order valence-electron chi connectivity index (χ0n) is 9.19. The van der Waals surface area contributed by atoms with Gasteiger partial charge in [0.25, 0.3) is 0 Å². The number of amides is 1. The first-order chi connectivity index (χ1) is 7.18. The Morgan fingerprint density at radius 3 is 2.60 bits per heavy atom. The van der Waals surface area contributed by atoms with Crippen molar-refractivity contribution in [3.63, 3.8) is 0 Å². The summed E-state index contributed by atoms with van der Waals surface area (Å²) in [7, 11) is 0. The van der Waals surface area contributed by atoms with Crippen molar-refractivity contribution in [2.75, 3.05) is 11.9 Å². The van der Waals surface area contributed by atoms with Crippen LogP contribution in [0.4, 0.5) is 5.69 Å². The van der Waals surface area contributed by atoms with E-state index in [1.807, 2.05) is 44.2 Å². The Labute approximate surface area is 90.4 Å². The van der Waals surface area contributed by atoms with E-state index in [4.69, 9.17) is 4.74 Å². The molecule has 1 amide bonds. The highest BCUT2D eigenvalue weighted by molar-refractivity contribution is 5.90. The van der Waals surface area contributed by atoms with Gasteiger partial charge in [-0.3, -0.25) is 4.79 Å². The molecule has 1 aromatic carbocycles. The predicted molar refractivity (Wildman–Crippen MR) is 60.8 cm³/mol. The normalized spacial score (nSPS) is 10.3. The van der Waals surface area contributed by atoms with Crippen LogP contribution in [0.1, 0.15) is 20.3 Å². The molecule has 0 aromatic heterocycles. The van der Waals surface area contributed by atoms with E-state index in [0.717, 1.165) is 5.69 Å². The standard InChI is InChI=1S/C12H17NO2/c1-10(2)15-9-8-12(14)13-11-6-4-3-5-7-11/h3-7,10H,8-9H2,1-2H3,(H,13,14). The monoisotopic (exact) mass is 207 g/mol. The topological polar surface area (TPSA) is 38.3 Å². The number of hydrogen-bond acceptors (Lipinski definition) is 2. The van der Waals surface area contributed by atoms with Gasteiger partial charge in [-0.05, 0) is 26.0 Å². The SMILES string of the molecule is CC(C)OCCC(=O)Nc1ccccc1. The van der Waals surface area contributed by atoms with Crippen LogP contribution in [-0.4, -0.2) is 18.6 Å². The van der Waals surface area contributed by atoms with E-state index in [1.165, 1.54) is 0 Å². The second-order valence-electron chi connectivity index (χ2n) is 3.58. The first-order valence-electron chi connectivity index (χ1n) is 5.15. The maximum atomic E-state index is 11.4. The maximum Gasteiger partial charge on any atom is 0.226 e. The minimum Gasteiger partial charge on any atom is -0.378 e. The summed E-state index contributed by atoms with van der Waals surface area (Å²) in [4.78, 5) is 11.4. The van der Waals surface area contributed by atoms with Gasteiger partial charge in [-0.1, -0.05) is 18.2 Å². The lowest BCUT2D eigenvalue weighted by Gasteiger charge is -2.07. The Morgan fingerprint density at radius 2 is 2.00 bits per heavy atom. The molecule has 1 N–H and O–H groups in total. The summed E-state index contributed by atoms with van der Waals surface area (Å²) >= 11 is 0.